The Bertz CT molecular complexity index is 3780. The molecule has 1 aliphatic rings. The van der Waals surface area contributed by atoms with Crippen LogP contribution in [0, 0.1) is 0 Å². The lowest BCUT2D eigenvalue weighted by molar-refractivity contribution is 0.768. The molecular weight excluding hydrogens is 843 g/mol. The molecule has 0 heterocycles. The van der Waals surface area contributed by atoms with Crippen molar-refractivity contribution in [2.45, 2.75) is 5.41 Å². The molecule has 1 aliphatic carbocycles. The van der Waals surface area contributed by atoms with Crippen LogP contribution in [0.25, 0.3) is 77.2 Å². The number of anilines is 3. The molecule has 70 heavy (non-hydrogen) atoms. The highest BCUT2D eigenvalue weighted by Crippen LogP contribution is 2.58. The van der Waals surface area contributed by atoms with Crippen molar-refractivity contribution in [3.05, 3.63) is 307 Å². The first-order valence-electron chi connectivity index (χ1n) is 24.2. The van der Waals surface area contributed by atoms with Crippen LogP contribution in [0.2, 0.25) is 0 Å². The number of rotatable bonds is 9. The zero-order valence-electron chi connectivity index (χ0n) is 38.6. The van der Waals surface area contributed by atoms with Crippen LogP contribution in [0.5, 0.6) is 0 Å². The van der Waals surface area contributed by atoms with Gasteiger partial charge in [-0.3, -0.25) is 0 Å². The molecule has 328 valence electrons. The van der Waals surface area contributed by atoms with E-state index < -0.39 is 5.41 Å². The molecule has 0 amide bonds. The minimum Gasteiger partial charge on any atom is -0.309 e. The number of nitrogens with zero attached hydrogens (tertiary/aromatic N) is 1. The molecule has 0 saturated carbocycles. The summed E-state index contributed by atoms with van der Waals surface area (Å²) in [4.78, 5) is 2.52. The van der Waals surface area contributed by atoms with Gasteiger partial charge in [0.15, 0.2) is 0 Å². The first-order chi connectivity index (χ1) is 34.7. The minimum absolute atomic E-state index is 0.495. The summed E-state index contributed by atoms with van der Waals surface area (Å²) in [6, 6.07) is 105. The van der Waals surface area contributed by atoms with Gasteiger partial charge in [-0.1, -0.05) is 261 Å². The molecule has 12 aromatic carbocycles. The van der Waals surface area contributed by atoms with Crippen molar-refractivity contribution in [3.8, 4) is 55.6 Å². The molecule has 0 radical (unpaired) electrons. The lowest BCUT2D eigenvalue weighted by atomic mass is 9.68. The van der Waals surface area contributed by atoms with Crippen molar-refractivity contribution in [2.75, 3.05) is 4.90 Å². The summed E-state index contributed by atoms with van der Waals surface area (Å²) in [5.74, 6) is 0. The molecule has 0 fully saturated rings. The van der Waals surface area contributed by atoms with Crippen LogP contribution in [-0.2, 0) is 5.41 Å². The first kappa shape index (κ1) is 41.2. The van der Waals surface area contributed by atoms with Gasteiger partial charge in [-0.05, 0) is 113 Å². The van der Waals surface area contributed by atoms with E-state index >= 15 is 0 Å². The maximum Gasteiger partial charge on any atom is 0.0713 e. The average Bonchev–Trinajstić information content (AvgIpc) is 3.75. The Hall–Kier alpha value is -9.04. The Morgan fingerprint density at radius 1 is 0.243 bits per heavy atom. The van der Waals surface area contributed by atoms with Gasteiger partial charge in [0.05, 0.1) is 11.1 Å². The molecular formula is C69H47N. The number of hydrogen-bond acceptors (Lipinski definition) is 1. The van der Waals surface area contributed by atoms with Crippen molar-refractivity contribution >= 4 is 38.6 Å². The van der Waals surface area contributed by atoms with E-state index in [1.807, 2.05) is 0 Å². The topological polar surface area (TPSA) is 3.24 Å². The standard InChI is InChI=1S/C69H47N/c1-5-19-48(20-6-1)49-33-35-50(36-34-49)51-37-39-52(40-38-51)53-41-43-57(44-42-53)70(68-63-31-16-14-28-60(63)59-27-13-15-30-62(59)67(68)54-21-7-2-8-22-54)58-45-46-66-64(47-58)61-29-17-18-32-65(61)69(66,55-23-9-3-10-24-55)56-25-11-4-12-26-56/h1-47H. The second-order valence-electron chi connectivity index (χ2n) is 18.3. The van der Waals surface area contributed by atoms with Gasteiger partial charge in [-0.2, -0.15) is 0 Å². The van der Waals surface area contributed by atoms with E-state index in [9.17, 15) is 0 Å². The molecule has 13 rings (SSSR count). The van der Waals surface area contributed by atoms with Crippen LogP contribution in [0.15, 0.2) is 285 Å². The van der Waals surface area contributed by atoms with E-state index in [-0.39, 0.29) is 0 Å². The third-order valence-electron chi connectivity index (χ3n) is 14.6. The Balaban J connectivity index is 0.999. The summed E-state index contributed by atoms with van der Waals surface area (Å²) < 4.78 is 0. The van der Waals surface area contributed by atoms with Gasteiger partial charge in [0.2, 0.25) is 0 Å². The monoisotopic (exact) mass is 889 g/mol. The molecule has 0 saturated heterocycles. The molecule has 0 atom stereocenters. The van der Waals surface area contributed by atoms with Crippen molar-refractivity contribution in [1.82, 2.24) is 0 Å². The Morgan fingerprint density at radius 2 is 0.614 bits per heavy atom. The van der Waals surface area contributed by atoms with Gasteiger partial charge < -0.3 is 4.90 Å². The molecule has 1 heteroatoms. The highest BCUT2D eigenvalue weighted by molar-refractivity contribution is 6.22. The molecule has 0 spiro atoms. The average molecular weight is 890 g/mol. The van der Waals surface area contributed by atoms with Crippen LogP contribution < -0.4 is 4.90 Å². The molecule has 0 bridgehead atoms. The molecule has 0 unspecified atom stereocenters. The predicted octanol–water partition coefficient (Wildman–Crippen LogP) is 18.5. The minimum atomic E-state index is -0.495. The normalized spacial score (nSPS) is 12.4. The maximum atomic E-state index is 2.52. The number of hydrogen-bond donors (Lipinski definition) is 0. The molecule has 1 nitrogen and oxygen atoms in total. The zero-order chi connectivity index (χ0) is 46.4. The molecule has 12 aromatic rings. The van der Waals surface area contributed by atoms with Crippen molar-refractivity contribution in [2.24, 2.45) is 0 Å². The highest BCUT2D eigenvalue weighted by atomic mass is 15.1. The maximum absolute atomic E-state index is 2.52. The lowest BCUT2D eigenvalue weighted by Gasteiger charge is -2.34. The second-order valence-corrected chi connectivity index (χ2v) is 18.3. The molecule has 0 aliphatic heterocycles. The van der Waals surface area contributed by atoms with Crippen molar-refractivity contribution in [3.63, 3.8) is 0 Å². The SMILES string of the molecule is c1ccc(-c2ccc(-c3ccc(-c4ccc(N(c5ccc6c(c5)-c5ccccc5C6(c5ccccc5)c5ccccc5)c5c(-c6ccccc6)c6ccccc6c6ccccc56)cc4)cc3)cc2)cc1. The van der Waals surface area contributed by atoms with Gasteiger partial charge in [0.25, 0.3) is 0 Å². The zero-order valence-corrected chi connectivity index (χ0v) is 38.6. The van der Waals surface area contributed by atoms with Gasteiger partial charge in [0.1, 0.15) is 0 Å². The number of benzene rings is 12. The molecule has 0 N–H and O–H groups in total. The van der Waals surface area contributed by atoms with E-state index in [1.165, 1.54) is 99.4 Å². The predicted molar refractivity (Wildman–Crippen MR) is 295 cm³/mol. The van der Waals surface area contributed by atoms with E-state index in [1.54, 1.807) is 0 Å². The van der Waals surface area contributed by atoms with E-state index in [2.05, 4.69) is 290 Å². The fraction of sp³-hybridized carbons (Fsp3) is 0.0145. The summed E-state index contributed by atoms with van der Waals surface area (Å²) in [5, 5.41) is 4.88. The van der Waals surface area contributed by atoms with Gasteiger partial charge in [-0.15, -0.1) is 0 Å². The van der Waals surface area contributed by atoms with Crippen molar-refractivity contribution < 1.29 is 0 Å². The van der Waals surface area contributed by atoms with Crippen LogP contribution >= 0.6 is 0 Å². The van der Waals surface area contributed by atoms with Crippen LogP contribution in [0.1, 0.15) is 22.3 Å². The lowest BCUT2D eigenvalue weighted by Crippen LogP contribution is -2.28. The van der Waals surface area contributed by atoms with Crippen LogP contribution in [0.4, 0.5) is 17.1 Å². The molecule has 0 aromatic heterocycles. The second kappa shape index (κ2) is 17.2. The Morgan fingerprint density at radius 3 is 1.16 bits per heavy atom. The Kier molecular flexibility index (Phi) is 10.1. The first-order valence-corrected chi connectivity index (χ1v) is 24.2. The smallest absolute Gasteiger partial charge is 0.0713 e. The summed E-state index contributed by atoms with van der Waals surface area (Å²) in [5.41, 5.74) is 20.0. The third-order valence-corrected chi connectivity index (χ3v) is 14.6. The third kappa shape index (κ3) is 6.78. The van der Waals surface area contributed by atoms with E-state index in [0.29, 0.717) is 0 Å². The fourth-order valence-electron chi connectivity index (χ4n) is 11.4. The fourth-order valence-corrected chi connectivity index (χ4v) is 11.4. The summed E-state index contributed by atoms with van der Waals surface area (Å²) in [6.45, 7) is 0. The largest absolute Gasteiger partial charge is 0.309 e. The highest BCUT2D eigenvalue weighted by Gasteiger charge is 2.46. The van der Waals surface area contributed by atoms with E-state index in [4.69, 9.17) is 0 Å². The summed E-state index contributed by atoms with van der Waals surface area (Å²) in [7, 11) is 0. The summed E-state index contributed by atoms with van der Waals surface area (Å²) in [6.07, 6.45) is 0. The Labute approximate surface area is 409 Å². The van der Waals surface area contributed by atoms with Gasteiger partial charge in [0, 0.05) is 22.3 Å². The summed E-state index contributed by atoms with van der Waals surface area (Å²) >= 11 is 0. The quantitative estimate of drug-likeness (QED) is 0.131. The van der Waals surface area contributed by atoms with Crippen LogP contribution in [-0.4, -0.2) is 0 Å². The van der Waals surface area contributed by atoms with Gasteiger partial charge >= 0.3 is 0 Å². The number of fused-ring (bicyclic) bond motifs is 6. The van der Waals surface area contributed by atoms with Crippen LogP contribution in [0.3, 0.4) is 0 Å². The van der Waals surface area contributed by atoms with Crippen molar-refractivity contribution in [1.29, 1.82) is 0 Å². The van der Waals surface area contributed by atoms with E-state index in [0.717, 1.165) is 17.1 Å². The van der Waals surface area contributed by atoms with Gasteiger partial charge in [-0.25, -0.2) is 0 Å².